The van der Waals surface area contributed by atoms with Gasteiger partial charge < -0.3 is 18.9 Å². The van der Waals surface area contributed by atoms with Crippen molar-refractivity contribution in [1.29, 1.82) is 0 Å². The molecule has 0 atom stereocenters. The van der Waals surface area contributed by atoms with Gasteiger partial charge in [-0.3, -0.25) is 4.98 Å². The quantitative estimate of drug-likeness (QED) is 0.0615. The van der Waals surface area contributed by atoms with Crippen molar-refractivity contribution in [2.24, 2.45) is 0 Å². The molecule has 0 amide bonds. The van der Waals surface area contributed by atoms with Gasteiger partial charge in [-0.2, -0.15) is 0 Å². The first-order chi connectivity index (χ1) is 22.5. The Kier molecular flexibility index (Phi) is 13.8. The number of rotatable bonds is 18. The zero-order valence-corrected chi connectivity index (χ0v) is 26.3. The molecule has 46 heavy (non-hydrogen) atoms. The summed E-state index contributed by atoms with van der Waals surface area (Å²) in [6.07, 6.45) is 15.7. The second-order valence-corrected chi connectivity index (χ2v) is 11.0. The van der Waals surface area contributed by atoms with Crippen LogP contribution in [0.5, 0.6) is 23.0 Å². The van der Waals surface area contributed by atoms with Crippen molar-refractivity contribution in [2.45, 2.75) is 71.1 Å². The summed E-state index contributed by atoms with van der Waals surface area (Å²) >= 11 is 0. The molecule has 0 radical (unpaired) electrons. The van der Waals surface area contributed by atoms with Crippen LogP contribution >= 0.6 is 0 Å². The predicted octanol–water partition coefficient (Wildman–Crippen LogP) is 9.04. The Balaban J connectivity index is 1.16. The van der Waals surface area contributed by atoms with E-state index in [-0.39, 0.29) is 22.8 Å². The number of hydrogen-bond acceptors (Lipinski definition) is 8. The van der Waals surface area contributed by atoms with E-state index in [4.69, 9.17) is 18.9 Å². The number of esters is 3. The largest absolute Gasteiger partial charge is 0.494 e. The monoisotopic (exact) mass is 623 g/mol. The lowest BCUT2D eigenvalue weighted by atomic mass is 10.1. The van der Waals surface area contributed by atoms with Crippen LogP contribution in [0.4, 0.5) is 0 Å². The van der Waals surface area contributed by atoms with Crippen molar-refractivity contribution in [2.75, 3.05) is 6.61 Å². The van der Waals surface area contributed by atoms with Crippen molar-refractivity contribution < 1.29 is 33.3 Å². The highest BCUT2D eigenvalue weighted by atomic mass is 16.5. The standard InChI is InChI=1S/C38H41NO7/c1-2-3-4-5-6-7-8-9-10-11-27-43-32-19-15-29(16-20-32)36(40)44-33-21-17-30(18-22-33)37(41)45-34-13-12-14-35(28-34)46-38(42)31-23-25-39-26-24-31/h12-26,28H,2-11,27H2,1H3. The van der Waals surface area contributed by atoms with Crippen molar-refractivity contribution in [3.63, 3.8) is 0 Å². The molecule has 0 aliphatic rings. The van der Waals surface area contributed by atoms with Gasteiger partial charge in [-0.25, -0.2) is 14.4 Å². The van der Waals surface area contributed by atoms with E-state index in [1.54, 1.807) is 54.6 Å². The van der Waals surface area contributed by atoms with E-state index in [0.717, 1.165) is 12.8 Å². The average Bonchev–Trinajstić information content (AvgIpc) is 3.08. The Bertz CT molecular complexity index is 1520. The molecule has 0 saturated heterocycles. The van der Waals surface area contributed by atoms with Crippen molar-refractivity contribution in [3.8, 4) is 23.0 Å². The molecular formula is C38H41NO7. The smallest absolute Gasteiger partial charge is 0.343 e. The summed E-state index contributed by atoms with van der Waals surface area (Å²) in [4.78, 5) is 41.5. The lowest BCUT2D eigenvalue weighted by Gasteiger charge is -2.09. The number of pyridine rings is 1. The maximum atomic E-state index is 12.7. The molecule has 0 spiro atoms. The molecule has 0 unspecified atom stereocenters. The van der Waals surface area contributed by atoms with Gasteiger partial charge in [0, 0.05) is 18.5 Å². The highest BCUT2D eigenvalue weighted by Gasteiger charge is 2.14. The average molecular weight is 624 g/mol. The number of nitrogens with zero attached hydrogens (tertiary/aromatic N) is 1. The number of aromatic nitrogens is 1. The van der Waals surface area contributed by atoms with E-state index in [1.165, 1.54) is 94.1 Å². The summed E-state index contributed by atoms with van der Waals surface area (Å²) in [6.45, 7) is 2.90. The molecule has 0 N–H and O–H groups in total. The summed E-state index contributed by atoms with van der Waals surface area (Å²) in [7, 11) is 0. The van der Waals surface area contributed by atoms with Crippen LogP contribution in [0.15, 0.2) is 97.3 Å². The molecule has 0 saturated carbocycles. The minimum atomic E-state index is -0.621. The summed E-state index contributed by atoms with van der Waals surface area (Å²) < 4.78 is 22.1. The number of benzene rings is 3. The van der Waals surface area contributed by atoms with E-state index < -0.39 is 17.9 Å². The van der Waals surface area contributed by atoms with Crippen molar-refractivity contribution in [1.82, 2.24) is 4.98 Å². The van der Waals surface area contributed by atoms with Gasteiger partial charge in [-0.1, -0.05) is 70.8 Å². The van der Waals surface area contributed by atoms with Crippen molar-refractivity contribution in [3.05, 3.63) is 114 Å². The second kappa shape index (κ2) is 18.7. The Morgan fingerprint density at radius 1 is 0.500 bits per heavy atom. The predicted molar refractivity (Wildman–Crippen MR) is 176 cm³/mol. The molecule has 0 aliphatic carbocycles. The molecule has 240 valence electrons. The summed E-state index contributed by atoms with van der Waals surface area (Å²) in [5.41, 5.74) is 0.987. The fourth-order valence-corrected chi connectivity index (χ4v) is 4.71. The summed E-state index contributed by atoms with van der Waals surface area (Å²) in [5, 5.41) is 0. The van der Waals surface area contributed by atoms with Gasteiger partial charge >= 0.3 is 17.9 Å². The van der Waals surface area contributed by atoms with Crippen LogP contribution in [0.1, 0.15) is 102 Å². The zero-order valence-electron chi connectivity index (χ0n) is 26.3. The third-order valence-electron chi connectivity index (χ3n) is 7.30. The first kappa shape index (κ1) is 33.9. The van der Waals surface area contributed by atoms with E-state index in [1.807, 2.05) is 0 Å². The molecule has 8 heteroatoms. The van der Waals surface area contributed by atoms with Gasteiger partial charge in [0.25, 0.3) is 0 Å². The Morgan fingerprint density at radius 3 is 1.46 bits per heavy atom. The molecule has 1 heterocycles. The highest BCUT2D eigenvalue weighted by Crippen LogP contribution is 2.23. The highest BCUT2D eigenvalue weighted by molar-refractivity contribution is 5.93. The van der Waals surface area contributed by atoms with Gasteiger partial charge in [-0.15, -0.1) is 0 Å². The van der Waals surface area contributed by atoms with Gasteiger partial charge in [0.2, 0.25) is 0 Å². The number of carbonyl (C=O) groups excluding carboxylic acids is 3. The number of hydrogen-bond donors (Lipinski definition) is 0. The molecular weight excluding hydrogens is 582 g/mol. The van der Waals surface area contributed by atoms with Crippen LogP contribution in [0.25, 0.3) is 0 Å². The molecule has 0 fully saturated rings. The zero-order chi connectivity index (χ0) is 32.4. The Hall–Kier alpha value is -4.98. The fraction of sp³-hybridized carbons (Fsp3) is 0.316. The number of ether oxygens (including phenoxy) is 4. The minimum Gasteiger partial charge on any atom is -0.494 e. The first-order valence-electron chi connectivity index (χ1n) is 16.0. The summed E-state index contributed by atoms with van der Waals surface area (Å²) in [5.74, 6) is -0.265. The third-order valence-corrected chi connectivity index (χ3v) is 7.30. The lowest BCUT2D eigenvalue weighted by Crippen LogP contribution is -2.11. The van der Waals surface area contributed by atoms with Crippen LogP contribution < -0.4 is 18.9 Å². The molecule has 0 bridgehead atoms. The van der Waals surface area contributed by atoms with Crippen LogP contribution in [0.2, 0.25) is 0 Å². The number of unbranched alkanes of at least 4 members (excludes halogenated alkanes) is 9. The first-order valence-corrected chi connectivity index (χ1v) is 16.0. The molecule has 8 nitrogen and oxygen atoms in total. The lowest BCUT2D eigenvalue weighted by molar-refractivity contribution is 0.0723. The van der Waals surface area contributed by atoms with Gasteiger partial charge in [0.1, 0.15) is 23.0 Å². The van der Waals surface area contributed by atoms with Crippen LogP contribution in [-0.4, -0.2) is 29.5 Å². The Morgan fingerprint density at radius 2 is 0.935 bits per heavy atom. The molecule has 0 aliphatic heterocycles. The van der Waals surface area contributed by atoms with Crippen molar-refractivity contribution >= 4 is 17.9 Å². The van der Waals surface area contributed by atoms with E-state index >= 15 is 0 Å². The van der Waals surface area contributed by atoms with E-state index in [0.29, 0.717) is 23.5 Å². The number of carbonyl (C=O) groups is 3. The van der Waals surface area contributed by atoms with Crippen LogP contribution in [0.3, 0.4) is 0 Å². The van der Waals surface area contributed by atoms with Crippen LogP contribution in [-0.2, 0) is 0 Å². The normalized spacial score (nSPS) is 10.6. The Labute approximate surface area is 270 Å². The van der Waals surface area contributed by atoms with Gasteiger partial charge in [-0.05, 0) is 79.2 Å². The van der Waals surface area contributed by atoms with Gasteiger partial charge in [0.05, 0.1) is 23.3 Å². The van der Waals surface area contributed by atoms with E-state index in [2.05, 4.69) is 11.9 Å². The molecule has 4 rings (SSSR count). The maximum absolute atomic E-state index is 12.7. The maximum Gasteiger partial charge on any atom is 0.343 e. The SMILES string of the molecule is CCCCCCCCCCCCOc1ccc(C(=O)Oc2ccc(C(=O)Oc3cccc(OC(=O)c4ccncc4)c3)cc2)cc1. The van der Waals surface area contributed by atoms with Crippen LogP contribution in [0, 0.1) is 0 Å². The van der Waals surface area contributed by atoms with Gasteiger partial charge in [0.15, 0.2) is 0 Å². The third kappa shape index (κ3) is 11.5. The molecule has 4 aromatic rings. The topological polar surface area (TPSA) is 101 Å². The minimum absolute atomic E-state index is 0.205. The fourth-order valence-electron chi connectivity index (χ4n) is 4.71. The summed E-state index contributed by atoms with van der Waals surface area (Å²) in [6, 6.07) is 22.2. The van der Waals surface area contributed by atoms with E-state index in [9.17, 15) is 14.4 Å². The second-order valence-electron chi connectivity index (χ2n) is 11.0. The molecule has 3 aromatic carbocycles. The molecule has 1 aromatic heterocycles.